The van der Waals surface area contributed by atoms with E-state index in [4.69, 9.17) is 0 Å². The van der Waals surface area contributed by atoms with E-state index in [0.717, 1.165) is 42.4 Å². The van der Waals surface area contributed by atoms with Gasteiger partial charge in [0.15, 0.2) is 5.69 Å². The van der Waals surface area contributed by atoms with E-state index in [9.17, 15) is 9.59 Å². The van der Waals surface area contributed by atoms with Gasteiger partial charge in [-0.2, -0.15) is 0 Å². The largest absolute Gasteiger partial charge is 0.351 e. The average molecular weight is 492 g/mol. The number of hydrogen-bond donors (Lipinski definition) is 1. The molecule has 1 fully saturated rings. The van der Waals surface area contributed by atoms with Gasteiger partial charge in [0, 0.05) is 23.7 Å². The van der Waals surface area contributed by atoms with Crippen molar-refractivity contribution < 1.29 is 9.59 Å². The molecule has 2 heterocycles. The molecule has 1 saturated carbocycles. The molecular weight excluding hydrogens is 462 g/mol. The lowest BCUT2D eigenvalue weighted by Gasteiger charge is -2.32. The van der Waals surface area contributed by atoms with Crippen LogP contribution in [-0.2, 0) is 11.3 Å². The second kappa shape index (κ2) is 10.0. The Labute approximate surface area is 216 Å². The van der Waals surface area contributed by atoms with Gasteiger partial charge in [0.1, 0.15) is 11.7 Å². The Kier molecular flexibility index (Phi) is 6.26. The summed E-state index contributed by atoms with van der Waals surface area (Å²) >= 11 is 0. The molecule has 0 bridgehead atoms. The summed E-state index contributed by atoms with van der Waals surface area (Å²) in [7, 11) is 0. The summed E-state index contributed by atoms with van der Waals surface area (Å²) < 4.78 is 1.60. The number of para-hydroxylation sites is 1. The molecule has 1 atom stereocenters. The van der Waals surface area contributed by atoms with Gasteiger partial charge < -0.3 is 10.2 Å². The van der Waals surface area contributed by atoms with Crippen LogP contribution in [0.4, 0.5) is 0 Å². The Hall–Kier alpha value is -4.26. The lowest BCUT2D eigenvalue weighted by molar-refractivity contribution is -0.127. The Morgan fingerprint density at radius 3 is 2.30 bits per heavy atom. The van der Waals surface area contributed by atoms with Crippen LogP contribution in [-0.4, -0.2) is 37.7 Å². The third-order valence-corrected chi connectivity index (χ3v) is 7.35. The van der Waals surface area contributed by atoms with E-state index in [0.29, 0.717) is 17.1 Å². The molecule has 0 spiro atoms. The lowest BCUT2D eigenvalue weighted by Crippen LogP contribution is -2.46. The number of aromatic nitrogens is 3. The van der Waals surface area contributed by atoms with Crippen LogP contribution in [0.25, 0.3) is 16.9 Å². The highest BCUT2D eigenvalue weighted by Crippen LogP contribution is 2.36. The van der Waals surface area contributed by atoms with E-state index in [-0.39, 0.29) is 24.4 Å². The molecule has 0 radical (unpaired) electrons. The number of carbonyl (C=O) groups is 2. The summed E-state index contributed by atoms with van der Waals surface area (Å²) in [5, 5.41) is 12.1. The summed E-state index contributed by atoms with van der Waals surface area (Å²) in [6.45, 7) is 0.288. The number of carbonyl (C=O) groups excluding carboxylic acids is 2. The molecule has 1 N–H and O–H groups in total. The summed E-state index contributed by atoms with van der Waals surface area (Å²) in [6, 6.07) is 26.4. The summed E-state index contributed by atoms with van der Waals surface area (Å²) in [6.07, 6.45) is 5.36. The maximum atomic E-state index is 14.4. The monoisotopic (exact) mass is 491 g/mol. The summed E-state index contributed by atoms with van der Waals surface area (Å²) in [5.41, 5.74) is 4.06. The molecule has 6 rings (SSSR count). The van der Waals surface area contributed by atoms with Gasteiger partial charge in [-0.15, -0.1) is 5.10 Å². The summed E-state index contributed by atoms with van der Waals surface area (Å²) in [5.74, 6) is -0.420. The van der Waals surface area contributed by atoms with E-state index in [1.165, 1.54) is 6.42 Å². The van der Waals surface area contributed by atoms with E-state index in [1.807, 2.05) is 84.9 Å². The van der Waals surface area contributed by atoms with Crippen LogP contribution in [0.5, 0.6) is 0 Å². The predicted octanol–water partition coefficient (Wildman–Crippen LogP) is 5.08. The average Bonchev–Trinajstić information content (AvgIpc) is 3.36. The number of amides is 2. The molecular formula is C30H29N5O2. The first-order valence-corrected chi connectivity index (χ1v) is 13.0. The second-order valence-corrected chi connectivity index (χ2v) is 9.79. The number of fused-ring (bicyclic) bond motifs is 3. The molecule has 7 nitrogen and oxygen atoms in total. The molecule has 1 aliphatic carbocycles. The Bertz CT molecular complexity index is 1410. The molecule has 2 amide bonds. The number of rotatable bonds is 5. The first kappa shape index (κ1) is 23.2. The van der Waals surface area contributed by atoms with Gasteiger partial charge in [-0.1, -0.05) is 103 Å². The van der Waals surface area contributed by atoms with Crippen LogP contribution in [0, 0.1) is 0 Å². The van der Waals surface area contributed by atoms with Crippen molar-refractivity contribution in [1.82, 2.24) is 25.2 Å². The minimum absolute atomic E-state index is 0.129. The van der Waals surface area contributed by atoms with Gasteiger partial charge >= 0.3 is 0 Å². The zero-order valence-electron chi connectivity index (χ0n) is 20.6. The van der Waals surface area contributed by atoms with Crippen molar-refractivity contribution in [3.05, 3.63) is 102 Å². The van der Waals surface area contributed by atoms with Crippen LogP contribution in [0.1, 0.15) is 59.8 Å². The zero-order chi connectivity index (χ0) is 25.2. The third kappa shape index (κ3) is 4.42. The second-order valence-electron chi connectivity index (χ2n) is 9.79. The van der Waals surface area contributed by atoms with Crippen molar-refractivity contribution in [2.24, 2.45) is 0 Å². The number of nitrogens with one attached hydrogen (secondary N) is 1. The zero-order valence-corrected chi connectivity index (χ0v) is 20.6. The molecule has 1 aliphatic heterocycles. The van der Waals surface area contributed by atoms with Gasteiger partial charge in [0.25, 0.3) is 5.91 Å². The van der Waals surface area contributed by atoms with Gasteiger partial charge in [-0.25, -0.2) is 4.68 Å². The molecule has 2 aliphatic rings. The van der Waals surface area contributed by atoms with Gasteiger partial charge in [0.2, 0.25) is 5.91 Å². The minimum Gasteiger partial charge on any atom is -0.351 e. The molecule has 3 aromatic carbocycles. The van der Waals surface area contributed by atoms with Gasteiger partial charge in [-0.05, 0) is 24.5 Å². The Morgan fingerprint density at radius 2 is 1.54 bits per heavy atom. The fourth-order valence-electron chi connectivity index (χ4n) is 5.52. The van der Waals surface area contributed by atoms with Crippen molar-refractivity contribution in [3.8, 4) is 16.9 Å². The van der Waals surface area contributed by atoms with Crippen molar-refractivity contribution in [2.45, 2.75) is 50.7 Å². The highest BCUT2D eigenvalue weighted by atomic mass is 16.2. The van der Waals surface area contributed by atoms with E-state index >= 15 is 0 Å². The molecule has 186 valence electrons. The van der Waals surface area contributed by atoms with Crippen LogP contribution in [0.3, 0.4) is 0 Å². The Balaban J connectivity index is 1.50. The molecule has 1 aromatic heterocycles. The molecule has 7 heteroatoms. The SMILES string of the molecule is O=C(NC1CCCCC1)C1c2ccccc2-n2nnc(-c3ccccc3)c2C(=O)N1Cc1ccccc1. The van der Waals surface area contributed by atoms with E-state index in [2.05, 4.69) is 15.6 Å². The quantitative estimate of drug-likeness (QED) is 0.422. The van der Waals surface area contributed by atoms with Crippen LogP contribution in [0.2, 0.25) is 0 Å². The molecule has 4 aromatic rings. The summed E-state index contributed by atoms with van der Waals surface area (Å²) in [4.78, 5) is 30.1. The van der Waals surface area contributed by atoms with Gasteiger partial charge in [-0.3, -0.25) is 9.59 Å². The van der Waals surface area contributed by atoms with Crippen molar-refractivity contribution in [2.75, 3.05) is 0 Å². The maximum absolute atomic E-state index is 14.4. The topological polar surface area (TPSA) is 80.1 Å². The van der Waals surface area contributed by atoms with Crippen LogP contribution < -0.4 is 5.32 Å². The van der Waals surface area contributed by atoms with E-state index in [1.54, 1.807) is 9.58 Å². The number of hydrogen-bond acceptors (Lipinski definition) is 4. The first-order valence-electron chi connectivity index (χ1n) is 13.0. The van der Waals surface area contributed by atoms with Gasteiger partial charge in [0.05, 0.1) is 5.69 Å². The third-order valence-electron chi connectivity index (χ3n) is 7.35. The smallest absolute Gasteiger partial charge is 0.276 e. The molecule has 0 saturated heterocycles. The van der Waals surface area contributed by atoms with Crippen molar-refractivity contribution >= 4 is 11.8 Å². The highest BCUT2D eigenvalue weighted by molar-refractivity contribution is 6.02. The first-order chi connectivity index (χ1) is 18.2. The van der Waals surface area contributed by atoms with Crippen molar-refractivity contribution in [3.63, 3.8) is 0 Å². The highest BCUT2D eigenvalue weighted by Gasteiger charge is 2.41. The normalized spacial score (nSPS) is 17.6. The number of nitrogens with zero attached hydrogens (tertiary/aromatic N) is 4. The predicted molar refractivity (Wildman–Crippen MR) is 141 cm³/mol. The van der Waals surface area contributed by atoms with E-state index < -0.39 is 6.04 Å². The minimum atomic E-state index is -0.795. The van der Waals surface area contributed by atoms with Crippen LogP contribution >= 0.6 is 0 Å². The fourth-order valence-corrected chi connectivity index (χ4v) is 5.52. The van der Waals surface area contributed by atoms with Crippen molar-refractivity contribution in [1.29, 1.82) is 0 Å². The van der Waals surface area contributed by atoms with Crippen LogP contribution in [0.15, 0.2) is 84.9 Å². The molecule has 37 heavy (non-hydrogen) atoms. The Morgan fingerprint density at radius 1 is 0.865 bits per heavy atom. The fraction of sp³-hybridized carbons (Fsp3) is 0.267. The maximum Gasteiger partial charge on any atom is 0.276 e. The number of benzene rings is 3. The lowest BCUT2D eigenvalue weighted by atomic mass is 9.94. The molecule has 1 unspecified atom stereocenters. The standard InChI is InChI=1S/C30H29N5O2/c36-29(31-23-16-8-3-9-17-23)27-24-18-10-11-19-25(24)35-28(26(32-33-35)22-14-6-2-7-15-22)30(37)34(27)20-21-12-4-1-5-13-21/h1-2,4-7,10-15,18-19,23,27H,3,8-9,16-17,20H2,(H,31,36).